The molecule has 2 fully saturated rings. The van der Waals surface area contributed by atoms with Crippen LogP contribution in [-0.2, 0) is 17.7 Å². The monoisotopic (exact) mass is 462 g/mol. The standard InChI is InChI=1S/C24H34N2O7/c1-13(2)31-17-8-6-15(7-9-17)10-18-14(3)26(11-16-4-5-16)25-23(18)33-24-22(30)21(29)20(28)19(12-27)32-24/h6-9,13,16,19-22,24,27-30H,4-5,10-12H2,1-3H3/t19-,20-,21+,22-,24?/m1/s1. The summed E-state index contributed by atoms with van der Waals surface area (Å²) in [4.78, 5) is 0. The number of hydrogen-bond donors (Lipinski definition) is 4. The molecule has 4 N–H and O–H groups in total. The molecule has 0 spiro atoms. The molecular weight excluding hydrogens is 428 g/mol. The van der Waals surface area contributed by atoms with Crippen LogP contribution < -0.4 is 9.47 Å². The zero-order chi connectivity index (χ0) is 23.7. The van der Waals surface area contributed by atoms with Crippen LogP contribution in [-0.4, -0.2) is 73.6 Å². The van der Waals surface area contributed by atoms with Gasteiger partial charge in [0.1, 0.15) is 30.2 Å². The molecule has 2 aromatic rings. The molecule has 0 amide bonds. The van der Waals surface area contributed by atoms with Crippen LogP contribution in [0, 0.1) is 12.8 Å². The maximum absolute atomic E-state index is 10.4. The Bertz CT molecular complexity index is 924. The van der Waals surface area contributed by atoms with Crippen LogP contribution in [0.4, 0.5) is 0 Å². The summed E-state index contributed by atoms with van der Waals surface area (Å²) in [6.45, 7) is 6.22. The van der Waals surface area contributed by atoms with Crippen molar-refractivity contribution < 1.29 is 34.6 Å². The van der Waals surface area contributed by atoms with Gasteiger partial charge < -0.3 is 34.6 Å². The lowest BCUT2D eigenvalue weighted by molar-refractivity contribution is -0.278. The molecule has 2 aliphatic rings. The number of aliphatic hydroxyl groups excluding tert-OH is 4. The molecule has 1 aliphatic carbocycles. The van der Waals surface area contributed by atoms with Gasteiger partial charge in [-0.25, -0.2) is 0 Å². The van der Waals surface area contributed by atoms with Gasteiger partial charge in [0.25, 0.3) is 0 Å². The van der Waals surface area contributed by atoms with Gasteiger partial charge in [0, 0.05) is 24.2 Å². The molecule has 9 nitrogen and oxygen atoms in total. The average Bonchev–Trinajstić information content (AvgIpc) is 3.56. The summed E-state index contributed by atoms with van der Waals surface area (Å²) in [5.74, 6) is 1.71. The van der Waals surface area contributed by atoms with Crippen molar-refractivity contribution in [3.05, 3.63) is 41.1 Å². The van der Waals surface area contributed by atoms with E-state index in [1.165, 1.54) is 12.8 Å². The predicted molar refractivity (Wildman–Crippen MR) is 119 cm³/mol. The van der Waals surface area contributed by atoms with Crippen LogP contribution >= 0.6 is 0 Å². The molecule has 0 bridgehead atoms. The molecule has 1 aliphatic heterocycles. The smallest absolute Gasteiger partial charge is 0.239 e. The fourth-order valence-electron chi connectivity index (χ4n) is 4.01. The van der Waals surface area contributed by atoms with Crippen LogP contribution in [0.1, 0.15) is 43.5 Å². The lowest BCUT2D eigenvalue weighted by Crippen LogP contribution is -2.60. The minimum Gasteiger partial charge on any atom is -0.491 e. The summed E-state index contributed by atoms with van der Waals surface area (Å²) in [5.41, 5.74) is 2.85. The molecule has 33 heavy (non-hydrogen) atoms. The molecule has 9 heteroatoms. The Kier molecular flexibility index (Phi) is 7.25. The summed E-state index contributed by atoms with van der Waals surface area (Å²) in [6, 6.07) is 7.84. The Labute approximate surface area is 193 Å². The van der Waals surface area contributed by atoms with Crippen LogP contribution in [0.5, 0.6) is 11.6 Å². The Balaban J connectivity index is 1.57. The van der Waals surface area contributed by atoms with Gasteiger partial charge in [-0.05, 0) is 57.2 Å². The molecule has 1 aromatic carbocycles. The van der Waals surface area contributed by atoms with Crippen molar-refractivity contribution in [1.82, 2.24) is 9.78 Å². The highest BCUT2D eigenvalue weighted by atomic mass is 16.7. The quantitative estimate of drug-likeness (QED) is 0.437. The number of rotatable bonds is 9. The molecule has 4 rings (SSSR count). The van der Waals surface area contributed by atoms with E-state index in [0.29, 0.717) is 18.2 Å². The van der Waals surface area contributed by atoms with E-state index in [9.17, 15) is 20.4 Å². The Morgan fingerprint density at radius 3 is 2.39 bits per heavy atom. The summed E-state index contributed by atoms with van der Waals surface area (Å²) in [5, 5.41) is 44.7. The summed E-state index contributed by atoms with van der Waals surface area (Å²) < 4.78 is 19.1. The van der Waals surface area contributed by atoms with Gasteiger partial charge in [-0.3, -0.25) is 4.68 Å². The number of aliphatic hydroxyl groups is 4. The van der Waals surface area contributed by atoms with E-state index >= 15 is 0 Å². The Morgan fingerprint density at radius 1 is 1.09 bits per heavy atom. The third-order valence-electron chi connectivity index (χ3n) is 6.17. The predicted octanol–water partition coefficient (Wildman–Crippen LogP) is 1.16. The van der Waals surface area contributed by atoms with Crippen molar-refractivity contribution >= 4 is 0 Å². The summed E-state index contributed by atoms with van der Waals surface area (Å²) >= 11 is 0. The highest BCUT2D eigenvalue weighted by Gasteiger charge is 2.45. The van der Waals surface area contributed by atoms with E-state index in [1.54, 1.807) is 0 Å². The highest BCUT2D eigenvalue weighted by molar-refractivity contribution is 5.38. The first-order valence-corrected chi connectivity index (χ1v) is 11.6. The van der Waals surface area contributed by atoms with Gasteiger partial charge in [0.2, 0.25) is 12.2 Å². The first-order valence-electron chi connectivity index (χ1n) is 11.6. The van der Waals surface area contributed by atoms with Crippen LogP contribution in [0.2, 0.25) is 0 Å². The van der Waals surface area contributed by atoms with Crippen molar-refractivity contribution in [3.63, 3.8) is 0 Å². The number of nitrogens with zero attached hydrogens (tertiary/aromatic N) is 2. The zero-order valence-electron chi connectivity index (χ0n) is 19.3. The molecule has 1 saturated heterocycles. The normalized spacial score (nSPS) is 27.7. The summed E-state index contributed by atoms with van der Waals surface area (Å²) in [6.07, 6.45) is -3.76. The van der Waals surface area contributed by atoms with Gasteiger partial charge in [-0.15, -0.1) is 5.10 Å². The lowest BCUT2D eigenvalue weighted by atomic mass is 9.99. The van der Waals surface area contributed by atoms with Crippen LogP contribution in [0.15, 0.2) is 24.3 Å². The van der Waals surface area contributed by atoms with E-state index in [4.69, 9.17) is 14.2 Å². The number of benzene rings is 1. The second-order valence-corrected chi connectivity index (χ2v) is 9.30. The number of ether oxygens (including phenoxy) is 3. The first-order chi connectivity index (χ1) is 15.8. The SMILES string of the molecule is Cc1c(Cc2ccc(OC(C)C)cc2)c(OC2O[C@H](CO)[C@@H](O)[C@H](O)[C@H]2O)nn1CC1CC1. The Morgan fingerprint density at radius 2 is 1.79 bits per heavy atom. The van der Waals surface area contributed by atoms with Gasteiger partial charge in [0.15, 0.2) is 0 Å². The maximum atomic E-state index is 10.4. The molecular formula is C24H34N2O7. The van der Waals surface area contributed by atoms with Crippen molar-refractivity contribution in [2.24, 2.45) is 5.92 Å². The Hall–Kier alpha value is -2.17. The maximum Gasteiger partial charge on any atom is 0.239 e. The van der Waals surface area contributed by atoms with E-state index in [1.807, 2.05) is 49.7 Å². The number of hydrogen-bond acceptors (Lipinski definition) is 8. The van der Waals surface area contributed by atoms with Crippen LogP contribution in [0.25, 0.3) is 0 Å². The minimum atomic E-state index is -1.51. The van der Waals surface area contributed by atoms with Gasteiger partial charge in [0.05, 0.1) is 12.7 Å². The van der Waals surface area contributed by atoms with E-state index in [2.05, 4.69) is 5.10 Å². The van der Waals surface area contributed by atoms with Crippen molar-refractivity contribution in [3.8, 4) is 11.6 Å². The fraction of sp³-hybridized carbons (Fsp3) is 0.625. The molecule has 182 valence electrons. The van der Waals surface area contributed by atoms with Gasteiger partial charge in [-0.1, -0.05) is 12.1 Å². The largest absolute Gasteiger partial charge is 0.491 e. The summed E-state index contributed by atoms with van der Waals surface area (Å²) in [7, 11) is 0. The molecule has 1 saturated carbocycles. The topological polar surface area (TPSA) is 126 Å². The third-order valence-corrected chi connectivity index (χ3v) is 6.17. The van der Waals surface area contributed by atoms with Gasteiger partial charge in [-0.2, -0.15) is 0 Å². The van der Waals surface area contributed by atoms with E-state index < -0.39 is 37.3 Å². The minimum absolute atomic E-state index is 0.0947. The first kappa shape index (κ1) is 24.0. The fourth-order valence-corrected chi connectivity index (χ4v) is 4.01. The lowest BCUT2D eigenvalue weighted by Gasteiger charge is -2.39. The molecule has 1 unspecified atom stereocenters. The second-order valence-electron chi connectivity index (χ2n) is 9.30. The number of aromatic nitrogens is 2. The molecule has 5 atom stereocenters. The molecule has 2 heterocycles. The third kappa shape index (κ3) is 5.50. The average molecular weight is 463 g/mol. The van der Waals surface area contributed by atoms with Crippen molar-refractivity contribution in [2.75, 3.05) is 6.61 Å². The highest BCUT2D eigenvalue weighted by Crippen LogP contribution is 2.34. The van der Waals surface area contributed by atoms with Crippen LogP contribution in [0.3, 0.4) is 0 Å². The second kappa shape index (κ2) is 9.99. The van der Waals surface area contributed by atoms with Crippen molar-refractivity contribution in [1.29, 1.82) is 0 Å². The zero-order valence-corrected chi connectivity index (χ0v) is 19.3. The molecule has 0 radical (unpaired) electrons. The van der Waals surface area contributed by atoms with Gasteiger partial charge >= 0.3 is 0 Å². The van der Waals surface area contributed by atoms with E-state index in [0.717, 1.165) is 29.1 Å². The van der Waals surface area contributed by atoms with E-state index in [-0.39, 0.29) is 6.10 Å². The van der Waals surface area contributed by atoms with Crippen molar-refractivity contribution in [2.45, 2.75) is 83.4 Å². The molecule has 1 aromatic heterocycles.